The van der Waals surface area contributed by atoms with Gasteiger partial charge in [0.05, 0.1) is 5.02 Å². The van der Waals surface area contributed by atoms with E-state index in [0.29, 0.717) is 34.4 Å². The molecule has 3 atom stereocenters. The van der Waals surface area contributed by atoms with Crippen LogP contribution in [0.25, 0.3) is 11.1 Å². The highest BCUT2D eigenvalue weighted by atomic mass is 35.5. The molecule has 0 aromatic heterocycles. The molecule has 6 heteroatoms. The summed E-state index contributed by atoms with van der Waals surface area (Å²) in [5, 5.41) is 1.27. The summed E-state index contributed by atoms with van der Waals surface area (Å²) in [6.45, 7) is 0.616. The highest BCUT2D eigenvalue weighted by molar-refractivity contribution is 6.32. The molecule has 2 bridgehead atoms. The van der Waals surface area contributed by atoms with Crippen LogP contribution in [0.2, 0.25) is 10.0 Å². The van der Waals surface area contributed by atoms with Gasteiger partial charge in [-0.2, -0.15) is 0 Å². The first-order valence-electron chi connectivity index (χ1n) is 12.3. The number of carbonyl (C=O) groups is 1. The second-order valence-electron chi connectivity index (χ2n) is 9.96. The molecule has 0 radical (unpaired) electrons. The van der Waals surface area contributed by atoms with E-state index in [9.17, 15) is 4.79 Å². The molecule has 35 heavy (non-hydrogen) atoms. The molecule has 3 heterocycles. The minimum Gasteiger partial charge on any atom is -0.489 e. The highest BCUT2D eigenvalue weighted by Gasteiger charge is 2.39. The number of hydrogen-bond donors (Lipinski definition) is 0. The Bertz CT molecular complexity index is 1260. The van der Waals surface area contributed by atoms with Gasteiger partial charge >= 0.3 is 0 Å². The summed E-state index contributed by atoms with van der Waals surface area (Å²) in [7, 11) is 2.23. The first-order chi connectivity index (χ1) is 17.0. The van der Waals surface area contributed by atoms with Crippen LogP contribution in [-0.2, 0) is 6.42 Å². The number of nitrogens with zero attached hydrogens (tertiary/aromatic N) is 2. The van der Waals surface area contributed by atoms with Gasteiger partial charge in [-0.3, -0.25) is 4.79 Å². The molecule has 0 N–H and O–H groups in total. The van der Waals surface area contributed by atoms with Gasteiger partial charge in [-0.15, -0.1) is 0 Å². The van der Waals surface area contributed by atoms with E-state index in [1.807, 2.05) is 59.5 Å². The number of hydrogen-bond acceptors (Lipinski definition) is 3. The minimum atomic E-state index is 0.00512. The Hall–Kier alpha value is -2.53. The first-order valence-corrected chi connectivity index (χ1v) is 13.1. The Kier molecular flexibility index (Phi) is 6.00. The summed E-state index contributed by atoms with van der Waals surface area (Å²) in [6.07, 6.45) is 5.59. The van der Waals surface area contributed by atoms with Gasteiger partial charge in [0, 0.05) is 34.9 Å². The molecule has 2 saturated heterocycles. The normalized spacial score (nSPS) is 23.9. The zero-order valence-corrected chi connectivity index (χ0v) is 21.2. The monoisotopic (exact) mass is 506 g/mol. The molecule has 3 aliphatic rings. The van der Waals surface area contributed by atoms with Crippen LogP contribution in [-0.4, -0.2) is 42.6 Å². The van der Waals surface area contributed by atoms with E-state index in [4.69, 9.17) is 27.9 Å². The van der Waals surface area contributed by atoms with Gasteiger partial charge in [-0.1, -0.05) is 47.5 Å². The highest BCUT2D eigenvalue weighted by Crippen LogP contribution is 2.38. The van der Waals surface area contributed by atoms with Crippen molar-refractivity contribution in [3.05, 3.63) is 81.8 Å². The Balaban J connectivity index is 1.18. The van der Waals surface area contributed by atoms with Crippen LogP contribution < -0.4 is 9.64 Å². The van der Waals surface area contributed by atoms with Crippen LogP contribution in [0.1, 0.15) is 41.6 Å². The zero-order valence-electron chi connectivity index (χ0n) is 19.7. The lowest BCUT2D eigenvalue weighted by atomic mass is 9.94. The summed E-state index contributed by atoms with van der Waals surface area (Å²) in [5.41, 5.74) is 4.80. The van der Waals surface area contributed by atoms with Crippen LogP contribution >= 0.6 is 23.2 Å². The fourth-order valence-corrected chi connectivity index (χ4v) is 6.29. The van der Waals surface area contributed by atoms with Crippen molar-refractivity contribution in [2.45, 2.75) is 50.3 Å². The number of piperidine rings is 1. The van der Waals surface area contributed by atoms with Crippen molar-refractivity contribution in [1.29, 1.82) is 0 Å². The quantitative estimate of drug-likeness (QED) is 0.387. The van der Waals surface area contributed by atoms with Crippen LogP contribution in [0.15, 0.2) is 60.7 Å². The number of carbonyl (C=O) groups excluding carboxylic acids is 1. The average molecular weight is 507 g/mol. The third kappa shape index (κ3) is 4.33. The lowest BCUT2D eigenvalue weighted by Crippen LogP contribution is -2.43. The van der Waals surface area contributed by atoms with Crippen LogP contribution in [0.4, 0.5) is 5.69 Å². The molecule has 3 aliphatic heterocycles. The summed E-state index contributed by atoms with van der Waals surface area (Å²) in [6, 6.07) is 20.8. The Morgan fingerprint density at radius 1 is 0.886 bits per heavy atom. The van der Waals surface area contributed by atoms with Crippen LogP contribution in [0.5, 0.6) is 5.75 Å². The largest absolute Gasteiger partial charge is 0.489 e. The predicted molar refractivity (Wildman–Crippen MR) is 142 cm³/mol. The average Bonchev–Trinajstić information content (AvgIpc) is 3.06. The van der Waals surface area contributed by atoms with Gasteiger partial charge in [-0.25, -0.2) is 0 Å². The second kappa shape index (κ2) is 9.16. The van der Waals surface area contributed by atoms with Gasteiger partial charge in [0.25, 0.3) is 5.91 Å². The van der Waals surface area contributed by atoms with Crippen LogP contribution in [0.3, 0.4) is 0 Å². The number of ether oxygens (including phenoxy) is 1. The van der Waals surface area contributed by atoms with E-state index in [1.54, 1.807) is 0 Å². The smallest absolute Gasteiger partial charge is 0.258 e. The SMILES string of the molecule is CN1[C@@H]2CC[C@H]1CC(Oc1ccc(N3CCc4cc(-c5ccc(Cl)cc5)ccc4C3=O)cc1Cl)C2. The summed E-state index contributed by atoms with van der Waals surface area (Å²) in [4.78, 5) is 17.7. The van der Waals surface area contributed by atoms with E-state index in [2.05, 4.69) is 18.0 Å². The molecule has 0 aliphatic carbocycles. The standard InChI is InChI=1S/C29H28Cl2N2O2/c1-32-22-7-8-23(32)16-25(15-22)35-28-11-9-24(17-27(28)31)33-13-12-20-14-19(4-10-26(20)29(33)34)18-2-5-21(30)6-3-18/h2-6,9-11,14,17,22-23,25H,7-8,12-13,15-16H2,1H3/t22-,23+,25?. The van der Waals surface area contributed by atoms with Gasteiger partial charge in [-0.05, 0) is 92.2 Å². The maximum atomic E-state index is 13.4. The topological polar surface area (TPSA) is 32.8 Å². The zero-order chi connectivity index (χ0) is 24.1. The molecule has 0 saturated carbocycles. The number of rotatable bonds is 4. The lowest BCUT2D eigenvalue weighted by molar-refractivity contribution is 0.0662. The molecule has 1 unspecified atom stereocenters. The van der Waals surface area contributed by atoms with E-state index in [1.165, 1.54) is 12.8 Å². The van der Waals surface area contributed by atoms with Gasteiger partial charge < -0.3 is 14.5 Å². The van der Waals surface area contributed by atoms with E-state index >= 15 is 0 Å². The lowest BCUT2D eigenvalue weighted by Gasteiger charge is -2.36. The molecule has 1 amide bonds. The van der Waals surface area contributed by atoms with Crippen molar-refractivity contribution in [3.63, 3.8) is 0 Å². The fraction of sp³-hybridized carbons (Fsp3) is 0.345. The number of fused-ring (bicyclic) bond motifs is 3. The molecular weight excluding hydrogens is 479 g/mol. The van der Waals surface area contributed by atoms with Gasteiger partial charge in [0.15, 0.2) is 0 Å². The van der Waals surface area contributed by atoms with E-state index in [0.717, 1.165) is 47.2 Å². The fourth-order valence-electron chi connectivity index (χ4n) is 5.95. The summed E-state index contributed by atoms with van der Waals surface area (Å²) < 4.78 is 6.33. The van der Waals surface area contributed by atoms with Crippen molar-refractivity contribution in [1.82, 2.24) is 4.90 Å². The number of benzene rings is 3. The van der Waals surface area contributed by atoms with Crippen molar-refractivity contribution in [2.75, 3.05) is 18.5 Å². The summed E-state index contributed by atoms with van der Waals surface area (Å²) >= 11 is 12.7. The second-order valence-corrected chi connectivity index (χ2v) is 10.8. The molecule has 2 fully saturated rings. The first kappa shape index (κ1) is 22.9. The van der Waals surface area contributed by atoms with Crippen molar-refractivity contribution >= 4 is 34.8 Å². The maximum Gasteiger partial charge on any atom is 0.258 e. The summed E-state index contributed by atoms with van der Waals surface area (Å²) in [5.74, 6) is 0.715. The van der Waals surface area contributed by atoms with Crippen molar-refractivity contribution < 1.29 is 9.53 Å². The van der Waals surface area contributed by atoms with Gasteiger partial charge in [0.1, 0.15) is 11.9 Å². The van der Waals surface area contributed by atoms with Gasteiger partial charge in [0.2, 0.25) is 0 Å². The molecule has 3 aromatic rings. The Labute approximate surface area is 216 Å². The van der Waals surface area contributed by atoms with Crippen molar-refractivity contribution in [3.8, 4) is 16.9 Å². The number of halogens is 2. The molecule has 4 nitrogen and oxygen atoms in total. The van der Waals surface area contributed by atoms with Crippen molar-refractivity contribution in [2.24, 2.45) is 0 Å². The van der Waals surface area contributed by atoms with E-state index in [-0.39, 0.29) is 12.0 Å². The van der Waals surface area contributed by atoms with Crippen LogP contribution in [0, 0.1) is 0 Å². The minimum absolute atomic E-state index is 0.00512. The Morgan fingerprint density at radius 2 is 1.60 bits per heavy atom. The molecule has 0 spiro atoms. The predicted octanol–water partition coefficient (Wildman–Crippen LogP) is 6.87. The molecule has 180 valence electrons. The molecule has 3 aromatic carbocycles. The Morgan fingerprint density at radius 3 is 2.31 bits per heavy atom. The third-order valence-electron chi connectivity index (χ3n) is 7.94. The molecular formula is C29H28Cl2N2O2. The third-order valence-corrected chi connectivity index (χ3v) is 8.49. The maximum absolute atomic E-state index is 13.4. The molecule has 6 rings (SSSR count). The number of amides is 1. The van der Waals surface area contributed by atoms with E-state index < -0.39 is 0 Å². The number of anilines is 1.